The van der Waals surface area contributed by atoms with Crippen LogP contribution in [0.3, 0.4) is 0 Å². The molecule has 2 aromatic rings. The lowest BCUT2D eigenvalue weighted by molar-refractivity contribution is 0.289. The van der Waals surface area contributed by atoms with Crippen molar-refractivity contribution in [2.75, 3.05) is 20.3 Å². The molecule has 0 amide bonds. The van der Waals surface area contributed by atoms with Gasteiger partial charge >= 0.3 is 0 Å². The second-order valence-electron chi connectivity index (χ2n) is 8.21. The van der Waals surface area contributed by atoms with E-state index in [1.54, 1.807) is 7.11 Å². The number of hydrogen-bond acceptors (Lipinski definition) is 4. The molecule has 0 bridgehead atoms. The molecule has 4 nitrogen and oxygen atoms in total. The molecule has 30 heavy (non-hydrogen) atoms. The molecule has 4 heteroatoms. The highest BCUT2D eigenvalue weighted by molar-refractivity contribution is 5.40. The van der Waals surface area contributed by atoms with E-state index in [1.165, 1.54) is 49.7 Å². The average molecular weight is 411 g/mol. The Bertz CT molecular complexity index is 735. The summed E-state index contributed by atoms with van der Waals surface area (Å²) in [5, 5.41) is 7.50. The van der Waals surface area contributed by atoms with Gasteiger partial charge in [-0.2, -0.15) is 0 Å². The molecule has 0 aromatic heterocycles. The van der Waals surface area contributed by atoms with Gasteiger partial charge in [0.15, 0.2) is 0 Å². The van der Waals surface area contributed by atoms with E-state index >= 15 is 0 Å². The van der Waals surface area contributed by atoms with Crippen molar-refractivity contribution >= 4 is 0 Å². The van der Waals surface area contributed by atoms with Gasteiger partial charge < -0.3 is 20.1 Å². The predicted octanol–water partition coefficient (Wildman–Crippen LogP) is 5.63. The number of rotatable bonds is 12. The Morgan fingerprint density at radius 2 is 1.87 bits per heavy atom. The lowest BCUT2D eigenvalue weighted by Crippen LogP contribution is -2.45. The van der Waals surface area contributed by atoms with E-state index in [-0.39, 0.29) is 0 Å². The van der Waals surface area contributed by atoms with E-state index in [1.807, 2.05) is 6.07 Å². The molecule has 1 fully saturated rings. The standard InChI is InChI=1S/C26H38N2O2/c1-3-4-5-6-10-18-30-25-16-15-23(29-2)19-22(25)20-28-24-14-11-17-27-26(24)21-12-8-7-9-13-21/h7-9,12-13,15-16,19,24,26-28H,3-6,10-11,14,17-18,20H2,1-2H3/t24-,26-/m0/s1. The first kappa shape index (κ1) is 22.6. The first-order valence-electron chi connectivity index (χ1n) is 11.6. The van der Waals surface area contributed by atoms with E-state index in [0.29, 0.717) is 12.1 Å². The summed E-state index contributed by atoms with van der Waals surface area (Å²) in [7, 11) is 1.72. The Hall–Kier alpha value is -2.04. The largest absolute Gasteiger partial charge is 0.497 e. The van der Waals surface area contributed by atoms with Gasteiger partial charge in [-0.05, 0) is 49.6 Å². The van der Waals surface area contributed by atoms with Crippen molar-refractivity contribution in [3.05, 3.63) is 59.7 Å². The summed E-state index contributed by atoms with van der Waals surface area (Å²) < 4.78 is 11.6. The van der Waals surface area contributed by atoms with Crippen molar-refractivity contribution < 1.29 is 9.47 Å². The Morgan fingerprint density at radius 3 is 2.67 bits per heavy atom. The molecular formula is C26H38N2O2. The zero-order chi connectivity index (χ0) is 21.0. The number of unbranched alkanes of at least 4 members (excludes halogenated alkanes) is 4. The molecule has 0 radical (unpaired) electrons. The number of ether oxygens (including phenoxy) is 2. The molecule has 2 N–H and O–H groups in total. The number of nitrogens with one attached hydrogen (secondary N) is 2. The van der Waals surface area contributed by atoms with Gasteiger partial charge in [0.25, 0.3) is 0 Å². The minimum Gasteiger partial charge on any atom is -0.497 e. The molecule has 1 aliphatic rings. The smallest absolute Gasteiger partial charge is 0.124 e. The highest BCUT2D eigenvalue weighted by atomic mass is 16.5. The third kappa shape index (κ3) is 6.75. The fourth-order valence-electron chi connectivity index (χ4n) is 4.21. The van der Waals surface area contributed by atoms with Crippen molar-refractivity contribution in [2.45, 2.75) is 70.5 Å². The quantitative estimate of drug-likeness (QED) is 0.445. The van der Waals surface area contributed by atoms with Crippen molar-refractivity contribution in [1.82, 2.24) is 10.6 Å². The maximum Gasteiger partial charge on any atom is 0.124 e. The van der Waals surface area contributed by atoms with E-state index in [0.717, 1.165) is 37.6 Å². The lowest BCUT2D eigenvalue weighted by Gasteiger charge is -2.34. The zero-order valence-corrected chi connectivity index (χ0v) is 18.7. The SMILES string of the molecule is CCCCCCCOc1ccc(OC)cc1CN[C@H]1CCCN[C@H]1c1ccccc1. The molecule has 0 aliphatic carbocycles. The van der Waals surface area contributed by atoms with Crippen molar-refractivity contribution in [3.8, 4) is 11.5 Å². The summed E-state index contributed by atoms with van der Waals surface area (Å²) in [6.45, 7) is 4.87. The van der Waals surface area contributed by atoms with E-state index in [9.17, 15) is 0 Å². The molecule has 1 aliphatic heterocycles. The van der Waals surface area contributed by atoms with Crippen LogP contribution in [0.5, 0.6) is 11.5 Å². The first-order chi connectivity index (χ1) is 14.8. The van der Waals surface area contributed by atoms with Crippen LogP contribution >= 0.6 is 0 Å². The molecule has 0 saturated carbocycles. The van der Waals surface area contributed by atoms with Crippen molar-refractivity contribution in [3.63, 3.8) is 0 Å². The summed E-state index contributed by atoms with van der Waals surface area (Å²) in [5.41, 5.74) is 2.52. The molecule has 2 atom stereocenters. The van der Waals surface area contributed by atoms with E-state index < -0.39 is 0 Å². The van der Waals surface area contributed by atoms with Crippen LogP contribution in [-0.4, -0.2) is 26.3 Å². The number of piperidine rings is 1. The Kier molecular flexibility index (Phi) is 9.52. The maximum atomic E-state index is 6.16. The van der Waals surface area contributed by atoms with Crippen molar-refractivity contribution in [2.24, 2.45) is 0 Å². The van der Waals surface area contributed by atoms with Crippen LogP contribution in [-0.2, 0) is 6.54 Å². The van der Waals surface area contributed by atoms with Gasteiger partial charge in [-0.25, -0.2) is 0 Å². The molecule has 164 valence electrons. The van der Waals surface area contributed by atoms with Gasteiger partial charge in [0.2, 0.25) is 0 Å². The number of methoxy groups -OCH3 is 1. The van der Waals surface area contributed by atoms with Gasteiger partial charge in [-0.1, -0.05) is 62.9 Å². The molecule has 0 spiro atoms. The Balaban J connectivity index is 1.61. The van der Waals surface area contributed by atoms with Crippen molar-refractivity contribution in [1.29, 1.82) is 0 Å². The second kappa shape index (κ2) is 12.6. The van der Waals surface area contributed by atoms with Crippen LogP contribution in [0, 0.1) is 0 Å². The fraction of sp³-hybridized carbons (Fsp3) is 0.538. The van der Waals surface area contributed by atoms with Gasteiger partial charge in [-0.15, -0.1) is 0 Å². The summed E-state index contributed by atoms with van der Waals surface area (Å²) in [6, 6.07) is 17.6. The van der Waals surface area contributed by atoms with Gasteiger partial charge in [0.05, 0.1) is 13.7 Å². The maximum absolute atomic E-state index is 6.16. The fourth-order valence-corrected chi connectivity index (χ4v) is 4.21. The molecular weight excluding hydrogens is 372 g/mol. The first-order valence-corrected chi connectivity index (χ1v) is 11.6. The summed E-state index contributed by atoms with van der Waals surface area (Å²) in [5.74, 6) is 1.85. The summed E-state index contributed by atoms with van der Waals surface area (Å²) in [6.07, 6.45) is 8.60. The molecule has 3 rings (SSSR count). The van der Waals surface area contributed by atoms with Crippen LogP contribution < -0.4 is 20.1 Å². The highest BCUT2D eigenvalue weighted by Crippen LogP contribution is 2.27. The molecule has 0 unspecified atom stereocenters. The number of benzene rings is 2. The van der Waals surface area contributed by atoms with Crippen LogP contribution in [0.25, 0.3) is 0 Å². The normalized spacial score (nSPS) is 18.9. The number of hydrogen-bond donors (Lipinski definition) is 2. The minimum atomic E-state index is 0.341. The van der Waals surface area contributed by atoms with Gasteiger partial charge in [0.1, 0.15) is 11.5 Å². The summed E-state index contributed by atoms with van der Waals surface area (Å²) >= 11 is 0. The topological polar surface area (TPSA) is 42.5 Å². The molecule has 1 heterocycles. The van der Waals surface area contributed by atoms with E-state index in [2.05, 4.69) is 60.0 Å². The predicted molar refractivity (Wildman–Crippen MR) is 124 cm³/mol. The van der Waals surface area contributed by atoms with Crippen LogP contribution in [0.2, 0.25) is 0 Å². The Labute approximate surface area is 182 Å². The zero-order valence-electron chi connectivity index (χ0n) is 18.7. The third-order valence-corrected chi connectivity index (χ3v) is 5.95. The van der Waals surface area contributed by atoms with Gasteiger partial charge in [-0.3, -0.25) is 0 Å². The van der Waals surface area contributed by atoms with Crippen LogP contribution in [0.15, 0.2) is 48.5 Å². The second-order valence-corrected chi connectivity index (χ2v) is 8.21. The highest BCUT2D eigenvalue weighted by Gasteiger charge is 2.25. The molecule has 2 aromatic carbocycles. The third-order valence-electron chi connectivity index (χ3n) is 5.95. The minimum absolute atomic E-state index is 0.341. The van der Waals surface area contributed by atoms with Crippen LogP contribution in [0.1, 0.15) is 69.0 Å². The average Bonchev–Trinajstić information content (AvgIpc) is 2.81. The van der Waals surface area contributed by atoms with Crippen LogP contribution in [0.4, 0.5) is 0 Å². The summed E-state index contributed by atoms with van der Waals surface area (Å²) in [4.78, 5) is 0. The lowest BCUT2D eigenvalue weighted by atomic mass is 9.92. The molecule has 1 saturated heterocycles. The Morgan fingerprint density at radius 1 is 1.03 bits per heavy atom. The monoisotopic (exact) mass is 410 g/mol. The van der Waals surface area contributed by atoms with E-state index in [4.69, 9.17) is 9.47 Å². The van der Waals surface area contributed by atoms with Gasteiger partial charge in [0, 0.05) is 24.2 Å².